The van der Waals surface area contributed by atoms with E-state index in [0.717, 1.165) is 5.70 Å². The Hall–Kier alpha value is -6.85. The first-order valence-electron chi connectivity index (χ1n) is 18.2. The Morgan fingerprint density at radius 1 is 0.875 bits per heavy atom. The van der Waals surface area contributed by atoms with E-state index in [1.807, 2.05) is 44.9 Å². The van der Waals surface area contributed by atoms with E-state index in [4.69, 9.17) is 24.9 Å². The molecular formula is C38H42N10O8. The molecule has 18 heteroatoms. The second-order valence-electron chi connectivity index (χ2n) is 13.3. The molecule has 0 bridgehead atoms. The maximum Gasteiger partial charge on any atom is 0.335 e. The molecule has 5 aromatic rings. The van der Waals surface area contributed by atoms with Gasteiger partial charge in [0.1, 0.15) is 28.2 Å². The number of nitrogens with zero attached hydrogens (tertiary/aromatic N) is 7. The van der Waals surface area contributed by atoms with Crippen LogP contribution >= 0.6 is 0 Å². The van der Waals surface area contributed by atoms with Gasteiger partial charge in [0.05, 0.1) is 41.2 Å². The molecule has 0 radical (unpaired) electrons. The fraction of sp³-hybridized carbons (Fsp3) is 0.342. The van der Waals surface area contributed by atoms with E-state index in [1.165, 1.54) is 24.3 Å². The molecule has 292 valence electrons. The summed E-state index contributed by atoms with van der Waals surface area (Å²) >= 11 is 0. The average molecular weight is 767 g/mol. The van der Waals surface area contributed by atoms with Crippen LogP contribution in [0.4, 0.5) is 11.9 Å². The van der Waals surface area contributed by atoms with Gasteiger partial charge in [-0.25, -0.2) is 14.8 Å². The Morgan fingerprint density at radius 3 is 2.00 bits per heavy atom. The number of hydrogen-bond acceptors (Lipinski definition) is 11. The number of carbonyl (C=O) groups excluding carboxylic acids is 3. The summed E-state index contributed by atoms with van der Waals surface area (Å²) in [6.07, 6.45) is 4.22. The van der Waals surface area contributed by atoms with Crippen LogP contribution in [0.3, 0.4) is 0 Å². The molecule has 0 saturated carbocycles. The summed E-state index contributed by atoms with van der Waals surface area (Å²) < 4.78 is 23.4. The molecule has 0 spiro atoms. The number of anilines is 2. The van der Waals surface area contributed by atoms with Gasteiger partial charge in [-0.1, -0.05) is 19.1 Å². The highest BCUT2D eigenvalue weighted by Gasteiger charge is 2.32. The molecule has 2 aliphatic rings. The fourth-order valence-corrected chi connectivity index (χ4v) is 6.86. The van der Waals surface area contributed by atoms with E-state index in [2.05, 4.69) is 20.7 Å². The minimum Gasteiger partial charge on any atom is -0.491 e. The number of carboxylic acids is 1. The number of aryl methyl sites for hydroxylation is 2. The fourth-order valence-electron chi connectivity index (χ4n) is 6.86. The minimum atomic E-state index is -1.17. The largest absolute Gasteiger partial charge is 0.491 e. The summed E-state index contributed by atoms with van der Waals surface area (Å²) in [5.41, 5.74) is 9.20. The van der Waals surface area contributed by atoms with Gasteiger partial charge < -0.3 is 39.1 Å². The Bertz CT molecular complexity index is 2470. The number of rotatable bonds is 8. The van der Waals surface area contributed by atoms with Crippen LogP contribution < -0.4 is 25.8 Å². The number of carbonyl (C=O) groups is 4. The number of carboxylic acid groups (broad SMARTS) is 1. The smallest absolute Gasteiger partial charge is 0.335 e. The second kappa shape index (κ2) is 15.1. The lowest BCUT2D eigenvalue weighted by molar-refractivity contribution is -0.116. The summed E-state index contributed by atoms with van der Waals surface area (Å²) in [5, 5.41) is 20.1. The number of nitrogens with one attached hydrogen (secondary N) is 2. The maximum absolute atomic E-state index is 13.7. The van der Waals surface area contributed by atoms with Crippen LogP contribution in [-0.4, -0.2) is 89.1 Å². The number of primary amides is 1. The summed E-state index contributed by atoms with van der Waals surface area (Å²) in [6, 6.07) is 7.60. The molecule has 7 rings (SSSR count). The average Bonchev–Trinajstić information content (AvgIpc) is 3.90. The lowest BCUT2D eigenvalue weighted by Crippen LogP contribution is -2.23. The number of ether oxygens (including phenoxy) is 3. The Morgan fingerprint density at radius 2 is 1.45 bits per heavy atom. The number of amides is 3. The first-order chi connectivity index (χ1) is 26.9. The van der Waals surface area contributed by atoms with Crippen molar-refractivity contribution in [3.05, 3.63) is 76.5 Å². The van der Waals surface area contributed by atoms with Crippen LogP contribution in [0.25, 0.3) is 22.1 Å². The van der Waals surface area contributed by atoms with Gasteiger partial charge in [-0.05, 0) is 57.5 Å². The lowest BCUT2D eigenvalue weighted by atomic mass is 10.1. The van der Waals surface area contributed by atoms with E-state index in [-0.39, 0.29) is 67.1 Å². The Kier molecular flexibility index (Phi) is 10.1. The van der Waals surface area contributed by atoms with Crippen molar-refractivity contribution in [1.82, 2.24) is 33.8 Å². The number of benzene rings is 2. The predicted octanol–water partition coefficient (Wildman–Crippen LogP) is 4.25. The van der Waals surface area contributed by atoms with Gasteiger partial charge in [-0.15, -0.1) is 0 Å². The summed E-state index contributed by atoms with van der Waals surface area (Å²) in [4.78, 5) is 63.1. The van der Waals surface area contributed by atoms with Crippen molar-refractivity contribution >= 4 is 57.7 Å². The normalized spacial score (nSPS) is 16.4. The second-order valence-corrected chi connectivity index (χ2v) is 13.3. The van der Waals surface area contributed by atoms with Crippen molar-refractivity contribution in [2.24, 2.45) is 5.73 Å². The van der Waals surface area contributed by atoms with E-state index in [9.17, 15) is 24.3 Å². The quantitative estimate of drug-likeness (QED) is 0.163. The number of nitrogens with two attached hydrogens (primary N) is 1. The van der Waals surface area contributed by atoms with Crippen LogP contribution in [-0.2, 0) is 29.2 Å². The third-order valence-corrected chi connectivity index (χ3v) is 9.64. The standard InChI is InChI=1S/C38H42N10O8/c1-6-26-32(56-21(4)45(26)5)35(51)43-38-41-25-17-23(36(52)53)19-29-31(25)47(38)12-9-8-11-46-30-24(16-22(33(39)49)18-28(30)54-13-10-14-55-29)40-37(46)42-34(50)27-15-20(3)44-48(27)7-2/h8-9,15-19,21H,6-7,10-14H2,1-5H3,(H2,39,49)(H,52,53)(H,40,42,50)(H,41,43,51)/b9-8+. The van der Waals surface area contributed by atoms with Crippen molar-refractivity contribution < 1.29 is 38.5 Å². The lowest BCUT2D eigenvalue weighted by Gasteiger charge is -2.17. The zero-order valence-corrected chi connectivity index (χ0v) is 31.6. The van der Waals surface area contributed by atoms with E-state index >= 15 is 0 Å². The van der Waals surface area contributed by atoms with Crippen LogP contribution in [0.2, 0.25) is 0 Å². The molecular weight excluding hydrogens is 724 g/mol. The molecule has 18 nitrogen and oxygen atoms in total. The molecule has 2 aliphatic heterocycles. The van der Waals surface area contributed by atoms with E-state index < -0.39 is 23.7 Å². The summed E-state index contributed by atoms with van der Waals surface area (Å²) in [6.45, 7) is 8.50. The third-order valence-electron chi connectivity index (χ3n) is 9.64. The summed E-state index contributed by atoms with van der Waals surface area (Å²) in [5.74, 6) is -1.72. The van der Waals surface area contributed by atoms with Gasteiger partial charge in [0.15, 0.2) is 6.23 Å². The third kappa shape index (κ3) is 6.96. The van der Waals surface area contributed by atoms with Gasteiger partial charge in [-0.3, -0.25) is 29.7 Å². The van der Waals surface area contributed by atoms with E-state index in [1.54, 1.807) is 26.8 Å². The van der Waals surface area contributed by atoms with Crippen molar-refractivity contribution in [2.45, 2.75) is 66.4 Å². The Labute approximate surface area is 320 Å². The minimum absolute atomic E-state index is 0.0467. The van der Waals surface area contributed by atoms with Crippen LogP contribution in [0.1, 0.15) is 70.5 Å². The highest BCUT2D eigenvalue weighted by molar-refractivity contribution is 6.05. The molecule has 5 heterocycles. The van der Waals surface area contributed by atoms with Crippen molar-refractivity contribution in [2.75, 3.05) is 30.9 Å². The number of imidazole rings is 2. The molecule has 0 saturated heterocycles. The van der Waals surface area contributed by atoms with Gasteiger partial charge in [0, 0.05) is 38.7 Å². The van der Waals surface area contributed by atoms with Gasteiger partial charge in [0.2, 0.25) is 23.6 Å². The molecule has 0 fully saturated rings. The first kappa shape index (κ1) is 37.5. The predicted molar refractivity (Wildman–Crippen MR) is 205 cm³/mol. The number of aromatic nitrogens is 6. The molecule has 0 aliphatic carbocycles. The SMILES string of the molecule is CCC1=C(C(=O)Nc2nc3cc(C(=O)O)cc4c3n2C/C=C/Cn2c(NC(=O)c3cc(C)nn3CC)nc3cc(C(N)=O)cc(c32)OCCCO4)OC(C)N1C. The van der Waals surface area contributed by atoms with Crippen molar-refractivity contribution in [3.63, 3.8) is 0 Å². The first-order valence-corrected chi connectivity index (χ1v) is 18.2. The van der Waals surface area contributed by atoms with Crippen LogP contribution in [0, 0.1) is 6.92 Å². The Balaban J connectivity index is 1.31. The molecule has 3 aromatic heterocycles. The number of hydrogen-bond donors (Lipinski definition) is 4. The van der Waals surface area contributed by atoms with Crippen LogP contribution in [0.15, 0.2) is 53.9 Å². The van der Waals surface area contributed by atoms with Gasteiger partial charge >= 0.3 is 5.97 Å². The molecule has 3 amide bonds. The van der Waals surface area contributed by atoms with Gasteiger partial charge in [0.25, 0.3) is 11.8 Å². The molecule has 56 heavy (non-hydrogen) atoms. The number of aromatic carboxylic acids is 1. The van der Waals surface area contributed by atoms with Crippen LogP contribution in [0.5, 0.6) is 11.5 Å². The van der Waals surface area contributed by atoms with Gasteiger partial charge in [-0.2, -0.15) is 5.10 Å². The molecule has 1 atom stereocenters. The highest BCUT2D eigenvalue weighted by Crippen LogP contribution is 2.34. The highest BCUT2D eigenvalue weighted by atomic mass is 16.5. The monoisotopic (exact) mass is 766 g/mol. The zero-order chi connectivity index (χ0) is 39.8. The van der Waals surface area contributed by atoms with Crippen molar-refractivity contribution in [1.29, 1.82) is 0 Å². The maximum atomic E-state index is 13.7. The number of allylic oxidation sites excluding steroid dienone is 3. The molecule has 1 unspecified atom stereocenters. The summed E-state index contributed by atoms with van der Waals surface area (Å²) in [7, 11) is 1.85. The molecule has 5 N–H and O–H groups in total. The topological polar surface area (TPSA) is 223 Å². The zero-order valence-electron chi connectivity index (χ0n) is 31.6. The van der Waals surface area contributed by atoms with E-state index in [0.29, 0.717) is 58.6 Å². The van der Waals surface area contributed by atoms with Crippen molar-refractivity contribution in [3.8, 4) is 11.5 Å². The molecule has 2 aromatic carbocycles.